The van der Waals surface area contributed by atoms with Gasteiger partial charge in [-0.05, 0) is 44.1 Å². The lowest BCUT2D eigenvalue weighted by atomic mass is 9.59. The molecule has 0 aromatic carbocycles. The summed E-state index contributed by atoms with van der Waals surface area (Å²) >= 11 is 0. The first-order chi connectivity index (χ1) is 21.9. The molecule has 0 radical (unpaired) electrons. The number of aliphatic hydroxyl groups is 3. The molecule has 0 amide bonds. The van der Waals surface area contributed by atoms with Gasteiger partial charge >= 0.3 is 11.9 Å². The maximum atomic E-state index is 15.0. The van der Waals surface area contributed by atoms with Crippen molar-refractivity contribution in [1.82, 2.24) is 0 Å². The number of unbranched alkanes of at least 4 members (excludes halogenated alkanes) is 8. The SMILES string of the molecule is CCCCCCCCCCCC(=O)O[C@]1(C)C[C@@H](C)C23C=C(C)C(O)C2(O)C(O)C2(COC(=O)C(C)C(C)C)OC2C(C3=O)C1(C)C. The highest BCUT2D eigenvalue weighted by atomic mass is 16.7. The standard InChI is InChI=1S/C38H62O9/c1-10-11-12-13-14-15-16-17-18-19-27(39)46-35(9)21-25(5)36-20-24(4)29(40)38(36,44)33(43)37(22-45-32(42)26(6)23(2)3)31(47-37)28(30(36)41)34(35,7)8/h20,23,25-26,28-29,31,33,40,43-44H,10-19,21-22H2,1-9H3/t25-,26?,28?,29?,31?,33?,35-,36?,37?,38?/m1/s1. The zero-order valence-corrected chi connectivity index (χ0v) is 30.4. The van der Waals surface area contributed by atoms with Crippen molar-refractivity contribution in [1.29, 1.82) is 0 Å². The maximum absolute atomic E-state index is 15.0. The van der Waals surface area contributed by atoms with Crippen LogP contribution in [0.2, 0.25) is 0 Å². The van der Waals surface area contributed by atoms with E-state index in [2.05, 4.69) is 6.92 Å². The molecule has 1 saturated heterocycles. The Balaban J connectivity index is 1.61. The monoisotopic (exact) mass is 662 g/mol. The van der Waals surface area contributed by atoms with E-state index in [9.17, 15) is 24.9 Å². The predicted molar refractivity (Wildman–Crippen MR) is 178 cm³/mol. The lowest BCUT2D eigenvalue weighted by Crippen LogP contribution is -2.68. The van der Waals surface area contributed by atoms with E-state index in [4.69, 9.17) is 14.2 Å². The molecular formula is C38H62O9. The molecule has 10 atom stereocenters. The Bertz CT molecular complexity index is 1210. The van der Waals surface area contributed by atoms with E-state index in [-0.39, 0.29) is 37.1 Å². The zero-order chi connectivity index (χ0) is 35.2. The molecule has 3 N–H and O–H groups in total. The number of hydrogen-bond acceptors (Lipinski definition) is 9. The van der Waals surface area contributed by atoms with E-state index >= 15 is 4.79 Å². The van der Waals surface area contributed by atoms with Gasteiger partial charge in [0.25, 0.3) is 0 Å². The zero-order valence-electron chi connectivity index (χ0n) is 30.4. The minimum absolute atomic E-state index is 0.0148. The lowest BCUT2D eigenvalue weighted by molar-refractivity contribution is -0.215. The molecule has 1 aliphatic heterocycles. The number of fused-ring (bicyclic) bond motifs is 3. The van der Waals surface area contributed by atoms with Crippen molar-refractivity contribution in [2.75, 3.05) is 6.61 Å². The quantitative estimate of drug-likeness (QED) is 0.0852. The molecule has 9 heteroatoms. The van der Waals surface area contributed by atoms with Crippen LogP contribution in [0.5, 0.6) is 0 Å². The summed E-state index contributed by atoms with van der Waals surface area (Å²) < 4.78 is 18.3. The van der Waals surface area contributed by atoms with Gasteiger partial charge in [0.2, 0.25) is 0 Å². The van der Waals surface area contributed by atoms with Gasteiger partial charge < -0.3 is 29.5 Å². The number of aliphatic hydroxyl groups excluding tert-OH is 2. The molecule has 2 saturated carbocycles. The molecule has 0 aromatic rings. The van der Waals surface area contributed by atoms with Crippen molar-refractivity contribution in [3.63, 3.8) is 0 Å². The molecule has 268 valence electrons. The second kappa shape index (κ2) is 13.8. The van der Waals surface area contributed by atoms with E-state index in [1.165, 1.54) is 32.1 Å². The van der Waals surface area contributed by atoms with Crippen molar-refractivity contribution in [3.05, 3.63) is 11.6 Å². The average molecular weight is 663 g/mol. The van der Waals surface area contributed by atoms with E-state index < -0.39 is 69.7 Å². The fourth-order valence-electron chi connectivity index (χ4n) is 8.97. The fraction of sp³-hybridized carbons (Fsp3) is 0.868. The number of hydrogen-bond donors (Lipinski definition) is 3. The van der Waals surface area contributed by atoms with Gasteiger partial charge in [0, 0.05) is 11.8 Å². The van der Waals surface area contributed by atoms with Crippen LogP contribution in [0.1, 0.15) is 133 Å². The summed E-state index contributed by atoms with van der Waals surface area (Å²) in [7, 11) is 0. The Morgan fingerprint density at radius 2 is 1.57 bits per heavy atom. The molecule has 3 fully saturated rings. The molecule has 1 heterocycles. The molecule has 1 spiro atoms. The van der Waals surface area contributed by atoms with E-state index in [1.807, 2.05) is 41.5 Å². The first-order valence-corrected chi connectivity index (χ1v) is 18.3. The Kier molecular flexibility index (Phi) is 11.2. The van der Waals surface area contributed by atoms with Crippen LogP contribution in [0.4, 0.5) is 0 Å². The minimum Gasteiger partial charge on any atom is -0.462 e. The summed E-state index contributed by atoms with van der Waals surface area (Å²) in [5.74, 6) is -3.15. The number of ketones is 1. The summed E-state index contributed by atoms with van der Waals surface area (Å²) in [5, 5.41) is 36.1. The number of ether oxygens (including phenoxy) is 3. The molecule has 3 aliphatic carbocycles. The van der Waals surface area contributed by atoms with E-state index in [1.54, 1.807) is 19.9 Å². The summed E-state index contributed by atoms with van der Waals surface area (Å²) in [4.78, 5) is 41.4. The van der Waals surface area contributed by atoms with Crippen LogP contribution >= 0.6 is 0 Å². The minimum atomic E-state index is -2.35. The number of carbonyl (C=O) groups is 3. The highest BCUT2D eigenvalue weighted by Crippen LogP contribution is 2.69. The molecule has 8 unspecified atom stereocenters. The third-order valence-electron chi connectivity index (χ3n) is 12.9. The summed E-state index contributed by atoms with van der Waals surface area (Å²) in [5.41, 5.74) is -7.45. The van der Waals surface area contributed by atoms with Crippen LogP contribution in [0.3, 0.4) is 0 Å². The normalized spacial score (nSPS) is 39.3. The largest absolute Gasteiger partial charge is 0.462 e. The van der Waals surface area contributed by atoms with Gasteiger partial charge in [0.1, 0.15) is 36.1 Å². The first-order valence-electron chi connectivity index (χ1n) is 18.3. The van der Waals surface area contributed by atoms with Crippen LogP contribution in [0.25, 0.3) is 0 Å². The number of epoxide rings is 1. The number of Topliss-reactive ketones (excluding diaryl/α,β-unsaturated/α-hetero) is 1. The third kappa shape index (κ3) is 6.14. The third-order valence-corrected chi connectivity index (χ3v) is 12.9. The van der Waals surface area contributed by atoms with Gasteiger partial charge in [-0.2, -0.15) is 0 Å². The van der Waals surface area contributed by atoms with Crippen LogP contribution in [0.15, 0.2) is 11.6 Å². The van der Waals surface area contributed by atoms with Crippen molar-refractivity contribution >= 4 is 17.7 Å². The topological polar surface area (TPSA) is 143 Å². The van der Waals surface area contributed by atoms with Gasteiger partial charge in [-0.3, -0.25) is 14.4 Å². The highest BCUT2D eigenvalue weighted by Gasteiger charge is 2.85. The lowest BCUT2D eigenvalue weighted by Gasteiger charge is -2.49. The van der Waals surface area contributed by atoms with Gasteiger partial charge in [0.05, 0.1) is 17.3 Å². The van der Waals surface area contributed by atoms with Crippen molar-refractivity contribution in [2.24, 2.45) is 34.5 Å². The van der Waals surface area contributed by atoms with Gasteiger partial charge in [0.15, 0.2) is 11.4 Å². The molecule has 2 bridgehead atoms. The second-order valence-corrected chi connectivity index (χ2v) is 16.5. The highest BCUT2D eigenvalue weighted by molar-refractivity contribution is 5.95. The molecular weight excluding hydrogens is 600 g/mol. The van der Waals surface area contributed by atoms with Crippen LogP contribution in [0, 0.1) is 34.5 Å². The molecule has 4 rings (SSSR count). The molecule has 47 heavy (non-hydrogen) atoms. The summed E-state index contributed by atoms with van der Waals surface area (Å²) in [6.45, 7) is 16.5. The maximum Gasteiger partial charge on any atom is 0.309 e. The number of carbonyl (C=O) groups excluding carboxylic acids is 3. The van der Waals surface area contributed by atoms with Gasteiger partial charge in [-0.15, -0.1) is 0 Å². The van der Waals surface area contributed by atoms with Crippen LogP contribution in [-0.2, 0) is 28.6 Å². The second-order valence-electron chi connectivity index (χ2n) is 16.5. The Labute approximate surface area is 282 Å². The van der Waals surface area contributed by atoms with Crippen molar-refractivity contribution in [2.45, 2.75) is 168 Å². The Morgan fingerprint density at radius 3 is 2.15 bits per heavy atom. The molecule has 0 aromatic heterocycles. The number of esters is 2. The van der Waals surface area contributed by atoms with Crippen molar-refractivity contribution in [3.8, 4) is 0 Å². The number of rotatable bonds is 15. The average Bonchev–Trinajstić information content (AvgIpc) is 3.69. The van der Waals surface area contributed by atoms with Gasteiger partial charge in [-0.1, -0.05) is 106 Å². The Hall–Kier alpha value is -1.81. The molecule has 4 aliphatic rings. The fourth-order valence-corrected chi connectivity index (χ4v) is 8.97. The summed E-state index contributed by atoms with van der Waals surface area (Å²) in [6, 6.07) is 0. The smallest absolute Gasteiger partial charge is 0.309 e. The van der Waals surface area contributed by atoms with Gasteiger partial charge in [-0.25, -0.2) is 0 Å². The van der Waals surface area contributed by atoms with E-state index in [0.717, 1.165) is 25.7 Å². The van der Waals surface area contributed by atoms with Crippen LogP contribution < -0.4 is 0 Å². The van der Waals surface area contributed by atoms with Crippen LogP contribution in [-0.4, -0.2) is 74.8 Å². The molecule has 9 nitrogen and oxygen atoms in total. The van der Waals surface area contributed by atoms with Crippen molar-refractivity contribution < 1.29 is 43.9 Å². The first kappa shape index (κ1) is 38.0. The predicted octanol–water partition coefficient (Wildman–Crippen LogP) is 5.85. The summed E-state index contributed by atoms with van der Waals surface area (Å²) in [6.07, 6.45) is 8.06. The van der Waals surface area contributed by atoms with E-state index in [0.29, 0.717) is 5.57 Å². The Morgan fingerprint density at radius 1 is 1.00 bits per heavy atom.